The third kappa shape index (κ3) is 3.13. The highest BCUT2D eigenvalue weighted by atomic mass is 32.2. The number of carboxylic acid groups (broad SMARTS) is 1. The number of carboxylic acids is 1. The van der Waals surface area contributed by atoms with Crippen LogP contribution in [0.4, 0.5) is 0 Å². The van der Waals surface area contributed by atoms with Crippen LogP contribution in [0.5, 0.6) is 0 Å². The fourth-order valence-corrected chi connectivity index (χ4v) is 2.20. The van der Waals surface area contributed by atoms with Gasteiger partial charge in [0.1, 0.15) is 6.26 Å². The van der Waals surface area contributed by atoms with Gasteiger partial charge in [0.15, 0.2) is 0 Å². The second kappa shape index (κ2) is 5.73. The van der Waals surface area contributed by atoms with Crippen LogP contribution >= 0.6 is 11.8 Å². The summed E-state index contributed by atoms with van der Waals surface area (Å²) in [6, 6.07) is 7.86. The van der Waals surface area contributed by atoms with E-state index in [-0.39, 0.29) is 6.42 Å². The molecule has 94 valence electrons. The number of aromatic nitrogens is 1. The Morgan fingerprint density at radius 2 is 2.11 bits per heavy atom. The standard InChI is InChI=1S/C13H13NO3S/c1-2-18-11-5-3-9(4-6-11)13-14-10(8-17-13)7-12(15)16/h3-6,8H,2,7H2,1H3,(H,15,16). The van der Waals surface area contributed by atoms with Crippen molar-refractivity contribution < 1.29 is 14.3 Å². The summed E-state index contributed by atoms with van der Waals surface area (Å²) in [5, 5.41) is 8.66. The normalized spacial score (nSPS) is 10.5. The Morgan fingerprint density at radius 1 is 1.39 bits per heavy atom. The lowest BCUT2D eigenvalue weighted by molar-refractivity contribution is -0.136. The van der Waals surface area contributed by atoms with Crippen molar-refractivity contribution in [2.75, 3.05) is 5.75 Å². The minimum absolute atomic E-state index is 0.118. The Kier molecular flexibility index (Phi) is 4.04. The van der Waals surface area contributed by atoms with E-state index in [0.29, 0.717) is 11.6 Å². The largest absolute Gasteiger partial charge is 0.481 e. The summed E-state index contributed by atoms with van der Waals surface area (Å²) < 4.78 is 5.27. The Bertz CT molecular complexity index is 533. The maximum absolute atomic E-state index is 10.5. The van der Waals surface area contributed by atoms with E-state index in [0.717, 1.165) is 11.3 Å². The number of hydrogen-bond donors (Lipinski definition) is 1. The lowest BCUT2D eigenvalue weighted by atomic mass is 10.2. The van der Waals surface area contributed by atoms with Crippen LogP contribution in [0.3, 0.4) is 0 Å². The Hall–Kier alpha value is -1.75. The first-order chi connectivity index (χ1) is 8.69. The van der Waals surface area contributed by atoms with Crippen molar-refractivity contribution in [2.24, 2.45) is 0 Å². The van der Waals surface area contributed by atoms with Gasteiger partial charge in [0.25, 0.3) is 0 Å². The molecule has 1 N–H and O–H groups in total. The first kappa shape index (κ1) is 12.7. The lowest BCUT2D eigenvalue weighted by Crippen LogP contribution is -1.99. The highest BCUT2D eigenvalue weighted by Crippen LogP contribution is 2.23. The van der Waals surface area contributed by atoms with Crippen molar-refractivity contribution in [3.05, 3.63) is 36.2 Å². The van der Waals surface area contributed by atoms with Crippen LogP contribution in [0.25, 0.3) is 11.5 Å². The van der Waals surface area contributed by atoms with Crippen molar-refractivity contribution in [1.82, 2.24) is 4.98 Å². The third-order valence-corrected chi connectivity index (χ3v) is 3.19. The number of aliphatic carboxylic acids is 1. The Morgan fingerprint density at radius 3 is 2.72 bits per heavy atom. The average Bonchev–Trinajstić information content (AvgIpc) is 2.78. The predicted molar refractivity (Wildman–Crippen MR) is 69.7 cm³/mol. The van der Waals surface area contributed by atoms with Crippen molar-refractivity contribution in [3.8, 4) is 11.5 Å². The summed E-state index contributed by atoms with van der Waals surface area (Å²) in [4.78, 5) is 15.9. The quantitative estimate of drug-likeness (QED) is 0.840. The van der Waals surface area contributed by atoms with Gasteiger partial charge in [-0.3, -0.25) is 4.79 Å². The zero-order valence-electron chi connectivity index (χ0n) is 9.92. The zero-order chi connectivity index (χ0) is 13.0. The number of oxazole rings is 1. The fourth-order valence-electron chi connectivity index (χ4n) is 1.54. The molecule has 2 aromatic rings. The van der Waals surface area contributed by atoms with Crippen LogP contribution in [0.15, 0.2) is 39.8 Å². The maximum atomic E-state index is 10.5. The predicted octanol–water partition coefficient (Wildman–Crippen LogP) is 3.08. The van der Waals surface area contributed by atoms with E-state index >= 15 is 0 Å². The molecule has 4 nitrogen and oxygen atoms in total. The topological polar surface area (TPSA) is 63.3 Å². The number of hydrogen-bond acceptors (Lipinski definition) is 4. The number of thioether (sulfide) groups is 1. The number of nitrogens with zero attached hydrogens (tertiary/aromatic N) is 1. The second-order valence-electron chi connectivity index (χ2n) is 3.67. The van der Waals surface area contributed by atoms with Gasteiger partial charge in [0, 0.05) is 10.5 Å². The van der Waals surface area contributed by atoms with E-state index in [1.54, 1.807) is 11.8 Å². The molecule has 0 fully saturated rings. The second-order valence-corrected chi connectivity index (χ2v) is 5.01. The third-order valence-electron chi connectivity index (χ3n) is 2.30. The molecule has 0 aliphatic heterocycles. The molecule has 1 heterocycles. The highest BCUT2D eigenvalue weighted by Gasteiger charge is 2.09. The molecule has 0 saturated carbocycles. The van der Waals surface area contributed by atoms with Crippen molar-refractivity contribution in [2.45, 2.75) is 18.2 Å². The van der Waals surface area contributed by atoms with Crippen LogP contribution in [-0.4, -0.2) is 21.8 Å². The molecule has 0 amide bonds. The van der Waals surface area contributed by atoms with Gasteiger partial charge in [0.05, 0.1) is 12.1 Å². The van der Waals surface area contributed by atoms with Gasteiger partial charge in [-0.25, -0.2) is 4.98 Å². The van der Waals surface area contributed by atoms with Gasteiger partial charge >= 0.3 is 5.97 Å². The van der Waals surface area contributed by atoms with Crippen molar-refractivity contribution in [3.63, 3.8) is 0 Å². The summed E-state index contributed by atoms with van der Waals surface area (Å²) in [6.07, 6.45) is 1.27. The molecule has 0 saturated heterocycles. The fraction of sp³-hybridized carbons (Fsp3) is 0.231. The molecule has 5 heteroatoms. The van der Waals surface area contributed by atoms with Crippen molar-refractivity contribution in [1.29, 1.82) is 0 Å². The lowest BCUT2D eigenvalue weighted by Gasteiger charge is -1.99. The number of carbonyl (C=O) groups is 1. The molecule has 0 atom stereocenters. The molecule has 0 radical (unpaired) electrons. The molecule has 18 heavy (non-hydrogen) atoms. The van der Waals surface area contributed by atoms with E-state index in [2.05, 4.69) is 11.9 Å². The summed E-state index contributed by atoms with van der Waals surface area (Å²) in [6.45, 7) is 2.10. The van der Waals surface area contributed by atoms with Crippen LogP contribution in [0.2, 0.25) is 0 Å². The van der Waals surface area contributed by atoms with E-state index in [1.165, 1.54) is 11.2 Å². The van der Waals surface area contributed by atoms with E-state index in [9.17, 15) is 4.79 Å². The zero-order valence-corrected chi connectivity index (χ0v) is 10.7. The molecule has 0 unspecified atom stereocenters. The molecule has 0 aliphatic rings. The smallest absolute Gasteiger partial charge is 0.309 e. The summed E-state index contributed by atoms with van der Waals surface area (Å²) in [5.74, 6) is 0.574. The first-order valence-corrected chi connectivity index (χ1v) is 6.57. The number of benzene rings is 1. The molecule has 2 rings (SSSR count). The van der Waals surface area contributed by atoms with E-state index in [1.807, 2.05) is 24.3 Å². The van der Waals surface area contributed by atoms with Gasteiger partial charge in [-0.2, -0.15) is 0 Å². The minimum atomic E-state index is -0.912. The van der Waals surface area contributed by atoms with Gasteiger partial charge in [-0.05, 0) is 30.0 Å². The molecular formula is C13H13NO3S. The summed E-state index contributed by atoms with van der Waals surface area (Å²) in [7, 11) is 0. The Balaban J connectivity index is 2.15. The average molecular weight is 263 g/mol. The maximum Gasteiger partial charge on any atom is 0.309 e. The monoisotopic (exact) mass is 263 g/mol. The minimum Gasteiger partial charge on any atom is -0.481 e. The van der Waals surface area contributed by atoms with E-state index < -0.39 is 5.97 Å². The van der Waals surface area contributed by atoms with Crippen LogP contribution in [0.1, 0.15) is 12.6 Å². The van der Waals surface area contributed by atoms with Gasteiger partial charge < -0.3 is 9.52 Å². The molecule has 0 bridgehead atoms. The van der Waals surface area contributed by atoms with Crippen LogP contribution in [-0.2, 0) is 11.2 Å². The number of rotatable bonds is 5. The summed E-state index contributed by atoms with van der Waals surface area (Å²) in [5.41, 5.74) is 1.29. The van der Waals surface area contributed by atoms with Gasteiger partial charge in [0.2, 0.25) is 5.89 Å². The van der Waals surface area contributed by atoms with E-state index in [4.69, 9.17) is 9.52 Å². The SMILES string of the molecule is CCSc1ccc(-c2nc(CC(=O)O)co2)cc1. The Labute approximate surface area is 109 Å². The molecule has 1 aromatic heterocycles. The molecular weight excluding hydrogens is 250 g/mol. The van der Waals surface area contributed by atoms with Crippen LogP contribution < -0.4 is 0 Å². The summed E-state index contributed by atoms with van der Waals surface area (Å²) >= 11 is 1.76. The highest BCUT2D eigenvalue weighted by molar-refractivity contribution is 7.99. The van der Waals surface area contributed by atoms with Crippen LogP contribution in [0, 0.1) is 0 Å². The molecule has 0 spiro atoms. The molecule has 1 aromatic carbocycles. The molecule has 0 aliphatic carbocycles. The first-order valence-electron chi connectivity index (χ1n) is 5.58. The van der Waals surface area contributed by atoms with Gasteiger partial charge in [-0.1, -0.05) is 6.92 Å². The van der Waals surface area contributed by atoms with Gasteiger partial charge in [-0.15, -0.1) is 11.8 Å². The van der Waals surface area contributed by atoms with Crippen molar-refractivity contribution >= 4 is 17.7 Å².